The summed E-state index contributed by atoms with van der Waals surface area (Å²) in [5.41, 5.74) is -0.295. The van der Waals surface area contributed by atoms with Gasteiger partial charge in [-0.15, -0.1) is 11.6 Å². The molecule has 3 heteroatoms. The van der Waals surface area contributed by atoms with Gasteiger partial charge in [-0.3, -0.25) is 4.79 Å². The molecular formula is C7H11ClO2. The Labute approximate surface area is 65.5 Å². The first kappa shape index (κ1) is 7.86. The zero-order valence-corrected chi connectivity index (χ0v) is 6.94. The second kappa shape index (κ2) is 2.42. The van der Waals surface area contributed by atoms with Crippen molar-refractivity contribution in [3.8, 4) is 0 Å². The fraction of sp³-hybridized carbons (Fsp3) is 0.857. The number of halogens is 1. The molecule has 1 rings (SSSR count). The summed E-state index contributed by atoms with van der Waals surface area (Å²) in [5, 5.41) is 0. The van der Waals surface area contributed by atoms with Crippen molar-refractivity contribution in [3.63, 3.8) is 0 Å². The molecule has 2 nitrogen and oxygen atoms in total. The Hall–Kier alpha value is -0.240. The van der Waals surface area contributed by atoms with Crippen molar-refractivity contribution in [2.24, 2.45) is 5.92 Å². The van der Waals surface area contributed by atoms with Gasteiger partial charge in [0.15, 0.2) is 0 Å². The van der Waals surface area contributed by atoms with E-state index in [0.29, 0.717) is 5.88 Å². The molecule has 0 aromatic rings. The lowest BCUT2D eigenvalue weighted by atomic mass is 9.99. The summed E-state index contributed by atoms with van der Waals surface area (Å²) in [7, 11) is 0. The summed E-state index contributed by atoms with van der Waals surface area (Å²) in [6.45, 7) is 3.80. The number of carbonyl (C=O) groups is 1. The summed E-state index contributed by atoms with van der Waals surface area (Å²) in [6.07, 6.45) is 0.745. The van der Waals surface area contributed by atoms with Crippen LogP contribution in [0.3, 0.4) is 0 Å². The Bertz CT molecular complexity index is 154. The molecule has 0 aliphatic carbocycles. The van der Waals surface area contributed by atoms with Gasteiger partial charge in [-0.05, 0) is 13.8 Å². The normalized spacial score (nSPS) is 30.3. The highest BCUT2D eigenvalue weighted by atomic mass is 35.5. The first-order valence-electron chi connectivity index (χ1n) is 3.34. The van der Waals surface area contributed by atoms with Gasteiger partial charge >= 0.3 is 5.97 Å². The van der Waals surface area contributed by atoms with Crippen molar-refractivity contribution in [3.05, 3.63) is 0 Å². The molecular weight excluding hydrogens is 152 g/mol. The summed E-state index contributed by atoms with van der Waals surface area (Å²) in [6, 6.07) is 0. The summed E-state index contributed by atoms with van der Waals surface area (Å²) in [4.78, 5) is 10.9. The molecule has 1 fully saturated rings. The van der Waals surface area contributed by atoms with Gasteiger partial charge in [0.2, 0.25) is 0 Å². The molecule has 0 amide bonds. The van der Waals surface area contributed by atoms with Crippen molar-refractivity contribution in [1.29, 1.82) is 0 Å². The maximum atomic E-state index is 10.9. The predicted molar refractivity (Wildman–Crippen MR) is 39.0 cm³/mol. The number of carbonyl (C=O) groups excluding carboxylic acids is 1. The number of hydrogen-bond acceptors (Lipinski definition) is 2. The SMILES string of the molecule is CC1(C)CC(CCl)C(=O)O1. The first-order valence-corrected chi connectivity index (χ1v) is 3.87. The molecule has 0 aromatic carbocycles. The van der Waals surface area contributed by atoms with Crippen LogP contribution in [0.15, 0.2) is 0 Å². The second-order valence-electron chi connectivity index (χ2n) is 3.24. The number of esters is 1. The van der Waals surface area contributed by atoms with Crippen molar-refractivity contribution in [2.75, 3.05) is 5.88 Å². The van der Waals surface area contributed by atoms with Gasteiger partial charge in [-0.2, -0.15) is 0 Å². The minimum absolute atomic E-state index is 0.0864. The molecule has 0 bridgehead atoms. The highest BCUT2D eigenvalue weighted by molar-refractivity contribution is 6.19. The zero-order valence-electron chi connectivity index (χ0n) is 6.19. The van der Waals surface area contributed by atoms with Gasteiger partial charge in [-0.1, -0.05) is 0 Å². The molecule has 1 aliphatic rings. The predicted octanol–water partition coefficient (Wildman–Crippen LogP) is 1.57. The lowest BCUT2D eigenvalue weighted by molar-refractivity contribution is -0.148. The van der Waals surface area contributed by atoms with Gasteiger partial charge in [0.05, 0.1) is 5.92 Å². The molecule has 58 valence electrons. The molecule has 1 atom stereocenters. The Balaban J connectivity index is 2.61. The fourth-order valence-corrected chi connectivity index (χ4v) is 1.43. The number of rotatable bonds is 1. The highest BCUT2D eigenvalue weighted by Crippen LogP contribution is 2.30. The van der Waals surface area contributed by atoms with Crippen LogP contribution in [0.25, 0.3) is 0 Å². The van der Waals surface area contributed by atoms with Crippen LogP contribution in [0.1, 0.15) is 20.3 Å². The van der Waals surface area contributed by atoms with Gasteiger partial charge < -0.3 is 4.74 Å². The van der Waals surface area contributed by atoms with Crippen molar-refractivity contribution < 1.29 is 9.53 Å². The number of alkyl halides is 1. The van der Waals surface area contributed by atoms with E-state index in [2.05, 4.69) is 0 Å². The molecule has 10 heavy (non-hydrogen) atoms. The van der Waals surface area contributed by atoms with E-state index in [-0.39, 0.29) is 17.5 Å². The van der Waals surface area contributed by atoms with Crippen LogP contribution in [0, 0.1) is 5.92 Å². The Morgan fingerprint density at radius 1 is 1.80 bits per heavy atom. The molecule has 0 spiro atoms. The standard InChI is InChI=1S/C7H11ClO2/c1-7(2)3-5(4-8)6(9)10-7/h5H,3-4H2,1-2H3. The van der Waals surface area contributed by atoms with Crippen molar-refractivity contribution >= 4 is 17.6 Å². The van der Waals surface area contributed by atoms with E-state index in [1.165, 1.54) is 0 Å². The Morgan fingerprint density at radius 3 is 2.60 bits per heavy atom. The topological polar surface area (TPSA) is 26.3 Å². The van der Waals surface area contributed by atoms with Gasteiger partial charge in [0.25, 0.3) is 0 Å². The van der Waals surface area contributed by atoms with Crippen molar-refractivity contribution in [1.82, 2.24) is 0 Å². The molecule has 1 unspecified atom stereocenters. The molecule has 0 saturated carbocycles. The average Bonchev–Trinajstić information content (AvgIpc) is 2.05. The molecule has 1 heterocycles. The van der Waals surface area contributed by atoms with E-state index in [4.69, 9.17) is 16.3 Å². The third-order valence-electron chi connectivity index (χ3n) is 1.63. The van der Waals surface area contributed by atoms with E-state index < -0.39 is 0 Å². The van der Waals surface area contributed by atoms with E-state index in [0.717, 1.165) is 6.42 Å². The van der Waals surface area contributed by atoms with Crippen LogP contribution in [0.4, 0.5) is 0 Å². The van der Waals surface area contributed by atoms with Crippen LogP contribution in [0.5, 0.6) is 0 Å². The minimum atomic E-state index is -0.295. The Morgan fingerprint density at radius 2 is 2.40 bits per heavy atom. The van der Waals surface area contributed by atoms with E-state index >= 15 is 0 Å². The van der Waals surface area contributed by atoms with Crippen LogP contribution < -0.4 is 0 Å². The summed E-state index contributed by atoms with van der Waals surface area (Å²) < 4.78 is 5.03. The number of hydrogen-bond donors (Lipinski definition) is 0. The lowest BCUT2D eigenvalue weighted by Crippen LogP contribution is -2.17. The first-order chi connectivity index (χ1) is 4.55. The van der Waals surface area contributed by atoms with Crippen LogP contribution in [0.2, 0.25) is 0 Å². The van der Waals surface area contributed by atoms with Crippen LogP contribution >= 0.6 is 11.6 Å². The van der Waals surface area contributed by atoms with Crippen LogP contribution in [-0.4, -0.2) is 17.5 Å². The highest BCUT2D eigenvalue weighted by Gasteiger charge is 2.39. The van der Waals surface area contributed by atoms with Crippen LogP contribution in [-0.2, 0) is 9.53 Å². The molecule has 0 aromatic heterocycles. The number of ether oxygens (including phenoxy) is 1. The smallest absolute Gasteiger partial charge is 0.310 e. The van der Waals surface area contributed by atoms with Crippen molar-refractivity contribution in [2.45, 2.75) is 25.9 Å². The second-order valence-corrected chi connectivity index (χ2v) is 3.54. The van der Waals surface area contributed by atoms with Gasteiger partial charge in [-0.25, -0.2) is 0 Å². The van der Waals surface area contributed by atoms with Gasteiger partial charge in [0.1, 0.15) is 5.60 Å². The molecule has 1 saturated heterocycles. The summed E-state index contributed by atoms with van der Waals surface area (Å²) in [5.74, 6) is 0.138. The zero-order chi connectivity index (χ0) is 7.78. The fourth-order valence-electron chi connectivity index (χ4n) is 1.19. The Kier molecular flexibility index (Phi) is 1.90. The monoisotopic (exact) mass is 162 g/mol. The maximum absolute atomic E-state index is 10.9. The maximum Gasteiger partial charge on any atom is 0.310 e. The van der Waals surface area contributed by atoms with E-state index in [9.17, 15) is 4.79 Å². The quantitative estimate of drug-likeness (QED) is 0.432. The number of cyclic esters (lactones) is 1. The molecule has 1 aliphatic heterocycles. The third kappa shape index (κ3) is 1.43. The average molecular weight is 163 g/mol. The summed E-state index contributed by atoms with van der Waals surface area (Å²) >= 11 is 5.53. The largest absolute Gasteiger partial charge is 0.459 e. The lowest BCUT2D eigenvalue weighted by Gasteiger charge is -2.14. The van der Waals surface area contributed by atoms with E-state index in [1.54, 1.807) is 0 Å². The van der Waals surface area contributed by atoms with E-state index in [1.807, 2.05) is 13.8 Å². The minimum Gasteiger partial charge on any atom is -0.459 e. The third-order valence-corrected chi connectivity index (χ3v) is 2.01. The molecule has 0 radical (unpaired) electrons. The van der Waals surface area contributed by atoms with Gasteiger partial charge in [0, 0.05) is 12.3 Å². The molecule has 0 N–H and O–H groups in total.